The van der Waals surface area contributed by atoms with Crippen molar-refractivity contribution in [3.8, 4) is 23.1 Å². The van der Waals surface area contributed by atoms with Gasteiger partial charge in [-0.05, 0) is 54.9 Å². The molecule has 4 aromatic heterocycles. The molecular weight excluding hydrogens is 643 g/mol. The fourth-order valence-corrected chi connectivity index (χ4v) is 6.33. The van der Waals surface area contributed by atoms with Crippen LogP contribution in [0.2, 0.25) is 0 Å². The van der Waals surface area contributed by atoms with Crippen molar-refractivity contribution in [2.24, 2.45) is 0 Å². The molecule has 2 amide bonds. The maximum absolute atomic E-state index is 14.2. The van der Waals surface area contributed by atoms with Crippen LogP contribution >= 0.6 is 0 Å². The predicted octanol–water partition coefficient (Wildman–Crippen LogP) is 5.40. The van der Waals surface area contributed by atoms with Crippen LogP contribution in [-0.2, 0) is 19.3 Å². The van der Waals surface area contributed by atoms with Gasteiger partial charge in [0.15, 0.2) is 0 Å². The Labute approximate surface area is 278 Å². The fourth-order valence-electron chi connectivity index (χ4n) is 6.33. The highest BCUT2D eigenvalue weighted by molar-refractivity contribution is 5.90. The number of carbonyl (C=O) groups excluding carboxylic acids is 1. The van der Waals surface area contributed by atoms with E-state index < -0.39 is 23.5 Å². The maximum Gasteiger partial charge on any atom is 0.434 e. The van der Waals surface area contributed by atoms with Gasteiger partial charge in [-0.1, -0.05) is 13.0 Å². The number of likely N-dealkylation sites (N-methyl/N-ethyl adjacent to an activating group) is 1. The number of amides is 2. The van der Waals surface area contributed by atoms with E-state index >= 15 is 0 Å². The predicted molar refractivity (Wildman–Crippen MR) is 173 cm³/mol. The van der Waals surface area contributed by atoms with Crippen molar-refractivity contribution in [3.05, 3.63) is 81.7 Å². The van der Waals surface area contributed by atoms with Gasteiger partial charge in [-0.3, -0.25) is 9.88 Å². The minimum absolute atomic E-state index is 0.0737. The van der Waals surface area contributed by atoms with E-state index in [-0.39, 0.29) is 36.1 Å². The molecule has 0 saturated carbocycles. The Morgan fingerprint density at radius 1 is 1.12 bits per heavy atom. The molecule has 0 bridgehead atoms. The summed E-state index contributed by atoms with van der Waals surface area (Å²) in [5.74, 6) is 0.185. The minimum Gasteiger partial charge on any atom is -0.455 e. The molecule has 1 fully saturated rings. The summed E-state index contributed by atoms with van der Waals surface area (Å²) in [4.78, 5) is 42.7. The maximum atomic E-state index is 14.2. The molecule has 2 aliphatic rings. The molecule has 0 spiro atoms. The first-order valence-corrected chi connectivity index (χ1v) is 15.9. The van der Waals surface area contributed by atoms with Gasteiger partial charge in [-0.25, -0.2) is 19.7 Å². The quantitative estimate of drug-likeness (QED) is 0.206. The van der Waals surface area contributed by atoms with Crippen molar-refractivity contribution in [2.45, 2.75) is 38.5 Å². The number of halogens is 3. The summed E-state index contributed by atoms with van der Waals surface area (Å²) in [6.45, 7) is 5.71. The standard InChI is InChI=1S/C33H34F3N9O4/c1-3-19-17-45(31(46)39-22-5-4-20(25(13-22)33(34,35)36)16-44-10-8-43(2)9-11-44)18-21-12-23(15-38-28(19)21)48-27-6-7-37-29-24(27)14-26(40-29)30-41-42-32(47)49-30/h4-7,12-15,19H,3,8-11,16-18H2,1-2H3,(H,37,40)(H,39,46)(H,42,47)/t19-/m0/s1. The Balaban J connectivity index is 1.08. The van der Waals surface area contributed by atoms with Gasteiger partial charge in [0.05, 0.1) is 22.8 Å². The number of benzene rings is 1. The van der Waals surface area contributed by atoms with Gasteiger partial charge < -0.3 is 29.3 Å². The molecule has 16 heteroatoms. The number of aromatic nitrogens is 5. The van der Waals surface area contributed by atoms with E-state index in [1.165, 1.54) is 12.1 Å². The molecule has 3 N–H and O–H groups in total. The van der Waals surface area contributed by atoms with Crippen molar-refractivity contribution >= 4 is 22.8 Å². The Hall–Kier alpha value is -5.22. The summed E-state index contributed by atoms with van der Waals surface area (Å²) in [6.07, 6.45) is -0.693. The number of ether oxygens (including phenoxy) is 1. The molecule has 49 heavy (non-hydrogen) atoms. The van der Waals surface area contributed by atoms with Crippen LogP contribution in [0.15, 0.2) is 58.0 Å². The number of carbonyl (C=O) groups is 1. The molecule has 13 nitrogen and oxygen atoms in total. The molecule has 5 aromatic rings. The first-order chi connectivity index (χ1) is 23.5. The number of nitrogens with zero attached hydrogens (tertiary/aromatic N) is 6. The van der Waals surface area contributed by atoms with Gasteiger partial charge >= 0.3 is 18.0 Å². The fraction of sp³-hybridized carbons (Fsp3) is 0.364. The minimum atomic E-state index is -4.57. The van der Waals surface area contributed by atoms with E-state index in [4.69, 9.17) is 9.15 Å². The topological polar surface area (TPSA) is 149 Å². The van der Waals surface area contributed by atoms with Gasteiger partial charge in [-0.2, -0.15) is 13.2 Å². The zero-order valence-corrected chi connectivity index (χ0v) is 26.8. The molecule has 6 heterocycles. The van der Waals surface area contributed by atoms with Crippen molar-refractivity contribution in [1.82, 2.24) is 39.8 Å². The number of aromatic amines is 2. The molecule has 0 unspecified atom stereocenters. The highest BCUT2D eigenvalue weighted by atomic mass is 19.4. The third-order valence-corrected chi connectivity index (χ3v) is 8.99. The zero-order chi connectivity index (χ0) is 34.3. The number of rotatable bonds is 7. The summed E-state index contributed by atoms with van der Waals surface area (Å²) in [6, 6.07) is 8.70. The number of alkyl halides is 3. The van der Waals surface area contributed by atoms with E-state index in [0.29, 0.717) is 54.3 Å². The molecule has 256 valence electrons. The molecule has 0 radical (unpaired) electrons. The zero-order valence-electron chi connectivity index (χ0n) is 26.8. The largest absolute Gasteiger partial charge is 0.455 e. The lowest BCUT2D eigenvalue weighted by atomic mass is 9.92. The van der Waals surface area contributed by atoms with Gasteiger partial charge in [0, 0.05) is 63.6 Å². The number of hydrogen-bond donors (Lipinski definition) is 3. The van der Waals surface area contributed by atoms with Crippen molar-refractivity contribution in [1.29, 1.82) is 0 Å². The summed E-state index contributed by atoms with van der Waals surface area (Å²) in [5, 5.41) is 9.38. The first kappa shape index (κ1) is 32.3. The van der Waals surface area contributed by atoms with E-state index in [0.717, 1.165) is 30.4 Å². The van der Waals surface area contributed by atoms with Crippen LogP contribution in [0.3, 0.4) is 0 Å². The molecular formula is C33H34F3N9O4. The van der Waals surface area contributed by atoms with Gasteiger partial charge in [-0.15, -0.1) is 5.10 Å². The third kappa shape index (κ3) is 6.87. The van der Waals surface area contributed by atoms with Gasteiger partial charge in [0.25, 0.3) is 5.89 Å². The number of fused-ring (bicyclic) bond motifs is 2. The van der Waals surface area contributed by atoms with Crippen molar-refractivity contribution < 1.29 is 27.1 Å². The van der Waals surface area contributed by atoms with Crippen LogP contribution < -0.4 is 15.8 Å². The second-order valence-corrected chi connectivity index (χ2v) is 12.4. The first-order valence-electron chi connectivity index (χ1n) is 15.9. The monoisotopic (exact) mass is 677 g/mol. The van der Waals surface area contributed by atoms with Crippen LogP contribution in [-0.4, -0.2) is 85.7 Å². The number of pyridine rings is 2. The Morgan fingerprint density at radius 2 is 1.94 bits per heavy atom. The van der Waals surface area contributed by atoms with Crippen molar-refractivity contribution in [2.75, 3.05) is 45.1 Å². The number of anilines is 1. The number of nitrogens with one attached hydrogen (secondary N) is 3. The number of piperazine rings is 1. The van der Waals surface area contributed by atoms with E-state index in [1.54, 1.807) is 29.4 Å². The van der Waals surface area contributed by atoms with Crippen LogP contribution in [0.1, 0.15) is 41.6 Å². The molecule has 2 aliphatic heterocycles. The average molecular weight is 678 g/mol. The average Bonchev–Trinajstić information content (AvgIpc) is 3.72. The summed E-state index contributed by atoms with van der Waals surface area (Å²) in [7, 11) is 2.00. The number of hydrogen-bond acceptors (Lipinski definition) is 9. The lowest BCUT2D eigenvalue weighted by molar-refractivity contribution is -0.138. The number of H-pyrrole nitrogens is 2. The Morgan fingerprint density at radius 3 is 2.67 bits per heavy atom. The summed E-state index contributed by atoms with van der Waals surface area (Å²) in [5.41, 5.74) is 2.03. The molecule has 0 aliphatic carbocycles. The SMILES string of the molecule is CC[C@H]1CN(C(=O)Nc2ccc(CN3CCN(C)CC3)c(C(F)(F)F)c2)Cc2cc(Oc3ccnc4[nH]c(-c5n[nH]c(=O)o5)cc34)cnc21. The molecule has 1 saturated heterocycles. The second kappa shape index (κ2) is 13.0. The lowest BCUT2D eigenvalue weighted by Crippen LogP contribution is -2.44. The van der Waals surface area contributed by atoms with Crippen molar-refractivity contribution in [3.63, 3.8) is 0 Å². The second-order valence-electron chi connectivity index (χ2n) is 12.4. The molecule has 1 atom stereocenters. The highest BCUT2D eigenvalue weighted by Crippen LogP contribution is 2.37. The van der Waals surface area contributed by atoms with Gasteiger partial charge in [0.2, 0.25) is 0 Å². The van der Waals surface area contributed by atoms with Crippen LogP contribution in [0.4, 0.5) is 23.7 Å². The van der Waals surface area contributed by atoms with Crippen LogP contribution in [0.5, 0.6) is 11.5 Å². The lowest BCUT2D eigenvalue weighted by Gasteiger charge is -2.34. The van der Waals surface area contributed by atoms with Gasteiger partial charge in [0.1, 0.15) is 22.8 Å². The third-order valence-electron chi connectivity index (χ3n) is 8.99. The van der Waals surface area contributed by atoms with E-state index in [1.807, 2.05) is 24.9 Å². The number of urea groups is 1. The smallest absolute Gasteiger partial charge is 0.434 e. The van der Waals surface area contributed by atoms with Crippen LogP contribution in [0, 0.1) is 0 Å². The molecule has 7 rings (SSSR count). The Bertz CT molecular complexity index is 2050. The normalized spacial score (nSPS) is 17.3. The van der Waals surface area contributed by atoms with E-state index in [2.05, 4.69) is 35.4 Å². The highest BCUT2D eigenvalue weighted by Gasteiger charge is 2.35. The summed E-state index contributed by atoms with van der Waals surface area (Å²) >= 11 is 0. The summed E-state index contributed by atoms with van der Waals surface area (Å²) < 4.78 is 53.8. The Kier molecular flexibility index (Phi) is 8.58. The van der Waals surface area contributed by atoms with E-state index in [9.17, 15) is 22.8 Å². The molecule has 1 aromatic carbocycles. The van der Waals surface area contributed by atoms with Crippen LogP contribution in [0.25, 0.3) is 22.6 Å².